The van der Waals surface area contributed by atoms with Gasteiger partial charge in [-0.25, -0.2) is 18.1 Å². The SMILES string of the molecule is Cc1nc(-c2ccc(S(=O)(=O)NCCNc3ccc(Nc4ccncc4)nn3)cc2)co1. The maximum absolute atomic E-state index is 12.5. The molecule has 11 heteroatoms. The van der Waals surface area contributed by atoms with E-state index in [0.717, 1.165) is 11.3 Å². The lowest BCUT2D eigenvalue weighted by molar-refractivity contribution is 0.521. The maximum Gasteiger partial charge on any atom is 0.240 e. The zero-order valence-corrected chi connectivity index (χ0v) is 18.0. The molecule has 0 bridgehead atoms. The fraction of sp³-hybridized carbons (Fsp3) is 0.143. The summed E-state index contributed by atoms with van der Waals surface area (Å²) in [6, 6.07) is 13.6. The van der Waals surface area contributed by atoms with Crippen LogP contribution >= 0.6 is 0 Å². The van der Waals surface area contributed by atoms with Gasteiger partial charge in [-0.15, -0.1) is 10.2 Å². The van der Waals surface area contributed by atoms with Crippen LogP contribution in [0.1, 0.15) is 5.89 Å². The van der Waals surface area contributed by atoms with Crippen LogP contribution in [0.25, 0.3) is 11.3 Å². The number of aromatic nitrogens is 4. The van der Waals surface area contributed by atoms with Crippen LogP contribution in [-0.2, 0) is 10.0 Å². The Labute approximate surface area is 185 Å². The number of rotatable bonds is 9. The zero-order valence-electron chi connectivity index (χ0n) is 17.2. The fourth-order valence-electron chi connectivity index (χ4n) is 2.84. The standard InChI is InChI=1S/C21H21N7O3S/c1-15-25-19(14-31-15)16-2-4-18(5-3-16)32(29,30)24-13-12-23-20-6-7-21(28-27-20)26-17-8-10-22-11-9-17/h2-11,14,24H,12-13H2,1H3,(H,23,27)(H,22,26,28). The Morgan fingerprint density at radius 1 is 0.906 bits per heavy atom. The number of nitrogens with one attached hydrogen (secondary N) is 3. The van der Waals surface area contributed by atoms with Crippen LogP contribution in [0.4, 0.5) is 17.3 Å². The van der Waals surface area contributed by atoms with Crippen LogP contribution in [0.2, 0.25) is 0 Å². The van der Waals surface area contributed by atoms with Crippen molar-refractivity contribution >= 4 is 27.3 Å². The summed E-state index contributed by atoms with van der Waals surface area (Å²) in [5.74, 6) is 1.68. The molecule has 1 aromatic carbocycles. The van der Waals surface area contributed by atoms with E-state index in [4.69, 9.17) is 4.42 Å². The Balaban J connectivity index is 1.26. The predicted molar refractivity (Wildman–Crippen MR) is 120 cm³/mol. The highest BCUT2D eigenvalue weighted by molar-refractivity contribution is 7.89. The summed E-state index contributed by atoms with van der Waals surface area (Å²) in [5, 5.41) is 14.3. The molecule has 0 unspecified atom stereocenters. The average Bonchev–Trinajstić information content (AvgIpc) is 3.25. The lowest BCUT2D eigenvalue weighted by atomic mass is 10.2. The molecule has 0 aliphatic carbocycles. The number of hydrogen-bond acceptors (Lipinski definition) is 9. The lowest BCUT2D eigenvalue weighted by Gasteiger charge is -2.09. The molecule has 32 heavy (non-hydrogen) atoms. The topological polar surface area (TPSA) is 135 Å². The third kappa shape index (κ3) is 5.45. The van der Waals surface area contributed by atoms with Crippen LogP contribution in [0, 0.1) is 6.92 Å². The lowest BCUT2D eigenvalue weighted by Crippen LogP contribution is -2.29. The first kappa shape index (κ1) is 21.4. The van der Waals surface area contributed by atoms with E-state index in [1.165, 1.54) is 18.4 Å². The molecule has 164 valence electrons. The van der Waals surface area contributed by atoms with Crippen LogP contribution in [0.15, 0.2) is 76.5 Å². The highest BCUT2D eigenvalue weighted by atomic mass is 32.2. The Bertz CT molecular complexity index is 1260. The van der Waals surface area contributed by atoms with Crippen molar-refractivity contribution in [3.8, 4) is 11.3 Å². The smallest absolute Gasteiger partial charge is 0.240 e. The summed E-state index contributed by atoms with van der Waals surface area (Å²) < 4.78 is 32.7. The number of aryl methyl sites for hydroxylation is 1. The number of nitrogens with zero attached hydrogens (tertiary/aromatic N) is 4. The van der Waals surface area contributed by atoms with Gasteiger partial charge in [0.15, 0.2) is 11.7 Å². The van der Waals surface area contributed by atoms with Gasteiger partial charge in [-0.2, -0.15) is 0 Å². The van der Waals surface area contributed by atoms with Gasteiger partial charge >= 0.3 is 0 Å². The van der Waals surface area contributed by atoms with Crippen LogP contribution < -0.4 is 15.4 Å². The van der Waals surface area contributed by atoms with Gasteiger partial charge in [0, 0.05) is 43.7 Å². The molecular formula is C21H21N7O3S. The van der Waals surface area contributed by atoms with Crippen molar-refractivity contribution in [1.82, 2.24) is 24.9 Å². The minimum Gasteiger partial charge on any atom is -0.449 e. The monoisotopic (exact) mass is 451 g/mol. The Morgan fingerprint density at radius 2 is 1.62 bits per heavy atom. The quantitative estimate of drug-likeness (QED) is 0.328. The molecule has 3 N–H and O–H groups in total. The molecule has 10 nitrogen and oxygen atoms in total. The summed E-state index contributed by atoms with van der Waals surface area (Å²) in [6.45, 7) is 2.28. The number of benzene rings is 1. The van der Waals surface area contributed by atoms with E-state index in [1.54, 1.807) is 43.6 Å². The minimum absolute atomic E-state index is 0.174. The molecule has 0 saturated heterocycles. The van der Waals surface area contributed by atoms with Crippen molar-refractivity contribution in [2.75, 3.05) is 23.7 Å². The molecular weight excluding hydrogens is 430 g/mol. The van der Waals surface area contributed by atoms with E-state index in [2.05, 4.69) is 35.5 Å². The number of pyridine rings is 1. The van der Waals surface area contributed by atoms with Gasteiger partial charge in [0.1, 0.15) is 17.8 Å². The summed E-state index contributed by atoms with van der Waals surface area (Å²) in [5.41, 5.74) is 2.29. The number of sulfonamides is 1. The third-order valence-corrected chi connectivity index (χ3v) is 5.90. The third-order valence-electron chi connectivity index (χ3n) is 4.42. The number of anilines is 3. The molecule has 3 aromatic heterocycles. The van der Waals surface area contributed by atoms with E-state index < -0.39 is 10.0 Å². The second-order valence-corrected chi connectivity index (χ2v) is 8.53. The van der Waals surface area contributed by atoms with Crippen molar-refractivity contribution in [2.24, 2.45) is 0 Å². The molecule has 0 radical (unpaired) electrons. The van der Waals surface area contributed by atoms with E-state index in [1.807, 2.05) is 12.1 Å². The molecule has 0 aliphatic rings. The summed E-state index contributed by atoms with van der Waals surface area (Å²) >= 11 is 0. The van der Waals surface area contributed by atoms with Gasteiger partial charge in [0.2, 0.25) is 10.0 Å². The first-order chi connectivity index (χ1) is 15.5. The highest BCUT2D eigenvalue weighted by Gasteiger charge is 2.14. The molecule has 0 amide bonds. The predicted octanol–water partition coefficient (Wildman–Crippen LogP) is 2.97. The maximum atomic E-state index is 12.5. The van der Waals surface area contributed by atoms with Crippen molar-refractivity contribution in [2.45, 2.75) is 11.8 Å². The summed E-state index contributed by atoms with van der Waals surface area (Å²) in [4.78, 5) is 8.36. The van der Waals surface area contributed by atoms with Crippen molar-refractivity contribution in [1.29, 1.82) is 0 Å². The number of oxazole rings is 1. The summed E-state index contributed by atoms with van der Waals surface area (Å²) in [6.07, 6.45) is 4.89. The highest BCUT2D eigenvalue weighted by Crippen LogP contribution is 2.20. The van der Waals surface area contributed by atoms with Crippen molar-refractivity contribution in [3.63, 3.8) is 0 Å². The zero-order chi connectivity index (χ0) is 22.4. The molecule has 0 saturated carbocycles. The van der Waals surface area contributed by atoms with Gasteiger partial charge in [0.05, 0.1) is 4.90 Å². The molecule has 0 aliphatic heterocycles. The van der Waals surface area contributed by atoms with Gasteiger partial charge < -0.3 is 15.1 Å². The number of hydrogen-bond donors (Lipinski definition) is 3. The first-order valence-electron chi connectivity index (χ1n) is 9.76. The Morgan fingerprint density at radius 3 is 2.28 bits per heavy atom. The largest absolute Gasteiger partial charge is 0.449 e. The van der Waals surface area contributed by atoms with E-state index in [0.29, 0.717) is 29.8 Å². The second kappa shape index (κ2) is 9.54. The van der Waals surface area contributed by atoms with Crippen LogP contribution in [0.3, 0.4) is 0 Å². The molecule has 0 fully saturated rings. The van der Waals surface area contributed by atoms with E-state index in [9.17, 15) is 8.42 Å². The minimum atomic E-state index is -3.63. The van der Waals surface area contributed by atoms with Gasteiger partial charge in [-0.1, -0.05) is 12.1 Å². The fourth-order valence-corrected chi connectivity index (χ4v) is 3.87. The average molecular weight is 452 g/mol. The Hall–Kier alpha value is -3.83. The van der Waals surface area contributed by atoms with Gasteiger partial charge in [-0.3, -0.25) is 4.98 Å². The Kier molecular flexibility index (Phi) is 6.38. The molecule has 0 atom stereocenters. The normalized spacial score (nSPS) is 11.3. The van der Waals surface area contributed by atoms with Crippen molar-refractivity contribution < 1.29 is 12.8 Å². The van der Waals surface area contributed by atoms with E-state index in [-0.39, 0.29) is 11.4 Å². The summed E-state index contributed by atoms with van der Waals surface area (Å²) in [7, 11) is -3.63. The molecule has 4 aromatic rings. The van der Waals surface area contributed by atoms with Crippen LogP contribution in [-0.4, -0.2) is 41.7 Å². The van der Waals surface area contributed by atoms with Gasteiger partial charge in [0.25, 0.3) is 0 Å². The van der Waals surface area contributed by atoms with Crippen molar-refractivity contribution in [3.05, 3.63) is 73.1 Å². The molecule has 3 heterocycles. The van der Waals surface area contributed by atoms with E-state index >= 15 is 0 Å². The first-order valence-corrected chi connectivity index (χ1v) is 11.2. The molecule has 4 rings (SSSR count). The second-order valence-electron chi connectivity index (χ2n) is 6.77. The molecule has 0 spiro atoms. The van der Waals surface area contributed by atoms with Gasteiger partial charge in [-0.05, 0) is 36.4 Å². The van der Waals surface area contributed by atoms with Crippen LogP contribution in [0.5, 0.6) is 0 Å².